The van der Waals surface area contributed by atoms with Crippen LogP contribution >= 0.6 is 0 Å². The molecule has 0 radical (unpaired) electrons. The predicted molar refractivity (Wildman–Crippen MR) is 62.8 cm³/mol. The quantitative estimate of drug-likeness (QED) is 0.751. The van der Waals surface area contributed by atoms with Gasteiger partial charge in [0.25, 0.3) is 0 Å². The van der Waals surface area contributed by atoms with E-state index in [1.807, 2.05) is 0 Å². The maximum absolute atomic E-state index is 10.6. The first-order valence-corrected chi connectivity index (χ1v) is 6.34. The zero-order valence-corrected chi connectivity index (χ0v) is 10.3. The Morgan fingerprint density at radius 1 is 1.27 bits per heavy atom. The van der Waals surface area contributed by atoms with Crippen molar-refractivity contribution in [1.82, 2.24) is 5.32 Å². The Morgan fingerprint density at radius 3 is 2.47 bits per heavy atom. The van der Waals surface area contributed by atoms with Gasteiger partial charge in [0.05, 0.1) is 5.60 Å². The van der Waals surface area contributed by atoms with E-state index in [9.17, 15) is 5.11 Å². The summed E-state index contributed by atoms with van der Waals surface area (Å²) < 4.78 is 0. The highest BCUT2D eigenvalue weighted by molar-refractivity contribution is 4.96. The van der Waals surface area contributed by atoms with Gasteiger partial charge in [0.15, 0.2) is 0 Å². The Labute approximate surface area is 93.5 Å². The minimum Gasteiger partial charge on any atom is -0.389 e. The minimum absolute atomic E-state index is 0.303. The molecule has 2 saturated carbocycles. The highest BCUT2D eigenvalue weighted by Gasteiger charge is 2.41. The molecular weight excluding hydrogens is 186 g/mol. The maximum Gasteiger partial charge on any atom is 0.0779 e. The molecule has 0 bridgehead atoms. The van der Waals surface area contributed by atoms with E-state index < -0.39 is 5.60 Å². The first-order chi connectivity index (χ1) is 6.89. The Balaban J connectivity index is 1.92. The van der Waals surface area contributed by atoms with Crippen LogP contribution in [0, 0.1) is 11.3 Å². The van der Waals surface area contributed by atoms with E-state index in [-0.39, 0.29) is 0 Å². The lowest BCUT2D eigenvalue weighted by Crippen LogP contribution is -2.49. The lowest BCUT2D eigenvalue weighted by Gasteiger charge is -2.44. The van der Waals surface area contributed by atoms with Gasteiger partial charge in [0.1, 0.15) is 0 Å². The van der Waals surface area contributed by atoms with E-state index in [4.69, 9.17) is 0 Å². The van der Waals surface area contributed by atoms with Gasteiger partial charge >= 0.3 is 0 Å². The first kappa shape index (κ1) is 11.4. The molecular formula is C13H25NO. The Hall–Kier alpha value is -0.0800. The second kappa shape index (κ2) is 3.74. The van der Waals surface area contributed by atoms with Crippen molar-refractivity contribution in [3.8, 4) is 0 Å². The van der Waals surface area contributed by atoms with Crippen molar-refractivity contribution in [2.75, 3.05) is 6.54 Å². The molecule has 0 aromatic rings. The van der Waals surface area contributed by atoms with Crippen molar-refractivity contribution < 1.29 is 5.11 Å². The minimum atomic E-state index is -0.455. The predicted octanol–water partition coefficient (Wildman–Crippen LogP) is 2.32. The Kier molecular flexibility index (Phi) is 2.85. The first-order valence-electron chi connectivity index (χ1n) is 6.34. The molecule has 0 saturated heterocycles. The van der Waals surface area contributed by atoms with Crippen molar-refractivity contribution in [1.29, 1.82) is 0 Å². The van der Waals surface area contributed by atoms with E-state index in [1.54, 1.807) is 0 Å². The normalized spacial score (nSPS) is 40.4. The molecule has 2 rings (SSSR count). The number of nitrogens with one attached hydrogen (secondary N) is 1. The topological polar surface area (TPSA) is 32.3 Å². The lowest BCUT2D eigenvalue weighted by molar-refractivity contribution is -0.0565. The van der Waals surface area contributed by atoms with Crippen LogP contribution in [0.1, 0.15) is 52.9 Å². The van der Waals surface area contributed by atoms with Gasteiger partial charge in [0.2, 0.25) is 0 Å². The third-order valence-electron chi connectivity index (χ3n) is 3.73. The summed E-state index contributed by atoms with van der Waals surface area (Å²) in [6, 6.07) is 0.703. The van der Waals surface area contributed by atoms with E-state index in [0.29, 0.717) is 17.4 Å². The van der Waals surface area contributed by atoms with Crippen molar-refractivity contribution in [2.45, 2.75) is 64.5 Å². The summed E-state index contributed by atoms with van der Waals surface area (Å²) in [6.07, 6.45) is 5.77. The number of aliphatic hydroxyl groups is 1. The molecule has 2 heteroatoms. The van der Waals surface area contributed by atoms with Crippen molar-refractivity contribution in [3.63, 3.8) is 0 Å². The number of hydrogen-bond donors (Lipinski definition) is 2. The van der Waals surface area contributed by atoms with Crippen molar-refractivity contribution in [3.05, 3.63) is 0 Å². The molecule has 2 atom stereocenters. The fourth-order valence-corrected chi connectivity index (χ4v) is 3.46. The van der Waals surface area contributed by atoms with Crippen molar-refractivity contribution >= 4 is 0 Å². The highest BCUT2D eigenvalue weighted by atomic mass is 16.3. The highest BCUT2D eigenvalue weighted by Crippen LogP contribution is 2.43. The molecule has 2 unspecified atom stereocenters. The zero-order valence-electron chi connectivity index (χ0n) is 10.3. The van der Waals surface area contributed by atoms with Crippen LogP contribution in [0.5, 0.6) is 0 Å². The van der Waals surface area contributed by atoms with Gasteiger partial charge in [0, 0.05) is 12.6 Å². The van der Waals surface area contributed by atoms with Gasteiger partial charge in [-0.3, -0.25) is 0 Å². The van der Waals surface area contributed by atoms with E-state index in [2.05, 4.69) is 26.1 Å². The smallest absolute Gasteiger partial charge is 0.0779 e. The zero-order chi connectivity index (χ0) is 11.1. The lowest BCUT2D eigenvalue weighted by atomic mass is 9.66. The molecule has 0 aliphatic heterocycles. The van der Waals surface area contributed by atoms with Crippen LogP contribution in [0.3, 0.4) is 0 Å². The molecule has 0 aromatic heterocycles. The molecule has 15 heavy (non-hydrogen) atoms. The average Bonchev–Trinajstić information content (AvgIpc) is 2.78. The largest absolute Gasteiger partial charge is 0.389 e. The molecule has 0 amide bonds. The second-order valence-electron chi connectivity index (χ2n) is 6.73. The molecule has 0 aromatic carbocycles. The van der Waals surface area contributed by atoms with Crippen LogP contribution in [0.25, 0.3) is 0 Å². The summed E-state index contributed by atoms with van der Waals surface area (Å²) >= 11 is 0. The van der Waals surface area contributed by atoms with E-state index in [0.717, 1.165) is 19.4 Å². The summed E-state index contributed by atoms with van der Waals surface area (Å²) in [5, 5.41) is 14.1. The average molecular weight is 211 g/mol. The van der Waals surface area contributed by atoms with Crippen LogP contribution < -0.4 is 5.32 Å². The monoisotopic (exact) mass is 211 g/mol. The summed E-state index contributed by atoms with van der Waals surface area (Å²) in [5.41, 5.74) is -0.151. The summed E-state index contributed by atoms with van der Waals surface area (Å²) in [5.74, 6) is 0.653. The third-order valence-corrected chi connectivity index (χ3v) is 3.73. The SMILES string of the molecule is CC1CC(C)(C)CC(O)(CNC2CC2)C1. The molecule has 0 spiro atoms. The molecule has 2 N–H and O–H groups in total. The molecule has 2 fully saturated rings. The second-order valence-corrected chi connectivity index (χ2v) is 6.73. The van der Waals surface area contributed by atoms with Crippen LogP contribution in [0.4, 0.5) is 0 Å². The Morgan fingerprint density at radius 2 is 1.93 bits per heavy atom. The van der Waals surface area contributed by atoms with Crippen molar-refractivity contribution in [2.24, 2.45) is 11.3 Å². The molecule has 88 valence electrons. The van der Waals surface area contributed by atoms with Crippen LogP contribution in [0.15, 0.2) is 0 Å². The van der Waals surface area contributed by atoms with E-state index in [1.165, 1.54) is 19.3 Å². The van der Waals surface area contributed by atoms with Gasteiger partial charge < -0.3 is 10.4 Å². The third kappa shape index (κ3) is 3.18. The van der Waals surface area contributed by atoms with Gasteiger partial charge in [-0.1, -0.05) is 20.8 Å². The van der Waals surface area contributed by atoms with Crippen LogP contribution in [0.2, 0.25) is 0 Å². The molecule has 2 aliphatic carbocycles. The van der Waals surface area contributed by atoms with Crippen LogP contribution in [-0.4, -0.2) is 23.3 Å². The van der Waals surface area contributed by atoms with Gasteiger partial charge in [-0.2, -0.15) is 0 Å². The van der Waals surface area contributed by atoms with E-state index >= 15 is 0 Å². The summed E-state index contributed by atoms with van der Waals surface area (Å²) in [7, 11) is 0. The molecule has 2 aliphatic rings. The molecule has 2 nitrogen and oxygen atoms in total. The van der Waals surface area contributed by atoms with Gasteiger partial charge in [-0.15, -0.1) is 0 Å². The fourth-order valence-electron chi connectivity index (χ4n) is 3.46. The standard InChI is InChI=1S/C13H25NO/c1-10-6-12(2,3)8-13(15,7-10)9-14-11-4-5-11/h10-11,14-15H,4-9H2,1-3H3. The maximum atomic E-state index is 10.6. The van der Waals surface area contributed by atoms with Gasteiger partial charge in [-0.25, -0.2) is 0 Å². The molecule has 0 heterocycles. The number of hydrogen-bond acceptors (Lipinski definition) is 2. The van der Waals surface area contributed by atoms with Gasteiger partial charge in [-0.05, 0) is 43.4 Å². The summed E-state index contributed by atoms with van der Waals surface area (Å²) in [6.45, 7) is 7.63. The number of rotatable bonds is 3. The van der Waals surface area contributed by atoms with Crippen LogP contribution in [-0.2, 0) is 0 Å². The Bertz CT molecular complexity index is 235. The summed E-state index contributed by atoms with van der Waals surface area (Å²) in [4.78, 5) is 0. The fraction of sp³-hybridized carbons (Fsp3) is 1.00.